The summed E-state index contributed by atoms with van der Waals surface area (Å²) >= 11 is 0. The fourth-order valence-electron chi connectivity index (χ4n) is 7.24. The molecule has 220 valence electrons. The molecule has 2 amide bonds. The maximum Gasteiger partial charge on any atom is 0.353 e. The van der Waals surface area contributed by atoms with Crippen LogP contribution in [0.2, 0.25) is 0 Å². The second-order valence-electron chi connectivity index (χ2n) is 13.5. The van der Waals surface area contributed by atoms with Crippen molar-refractivity contribution in [3.8, 4) is 0 Å². The Balaban J connectivity index is 1.34. The van der Waals surface area contributed by atoms with E-state index in [1.807, 2.05) is 24.3 Å². The molecule has 4 aliphatic rings. The Morgan fingerprint density at radius 3 is 1.92 bits per heavy atom. The molecule has 4 aliphatic carbocycles. The lowest BCUT2D eigenvalue weighted by Gasteiger charge is -2.56. The molecule has 0 aliphatic heterocycles. The summed E-state index contributed by atoms with van der Waals surface area (Å²) in [5.41, 5.74) is 1.54. The highest BCUT2D eigenvalue weighted by atomic mass is 31.2. The second-order valence-corrected chi connectivity index (χ2v) is 15.6. The Labute approximate surface area is 236 Å². The summed E-state index contributed by atoms with van der Waals surface area (Å²) in [6.07, 6.45) is 11.2. The number of hydrogen-bond acceptors (Lipinski definition) is 5. The molecule has 1 unspecified atom stereocenters. The van der Waals surface area contributed by atoms with E-state index in [2.05, 4.69) is 50.6 Å². The van der Waals surface area contributed by atoms with Crippen molar-refractivity contribution in [2.45, 2.75) is 117 Å². The van der Waals surface area contributed by atoms with Gasteiger partial charge in [-0.3, -0.25) is 4.57 Å². The van der Waals surface area contributed by atoms with Crippen LogP contribution in [0, 0.1) is 23.2 Å². The molecule has 0 heterocycles. The van der Waals surface area contributed by atoms with Crippen LogP contribution in [-0.2, 0) is 20.2 Å². The molecule has 0 radical (unpaired) electrons. The van der Waals surface area contributed by atoms with Gasteiger partial charge >= 0.3 is 13.6 Å². The van der Waals surface area contributed by atoms with E-state index in [0.29, 0.717) is 19.8 Å². The normalized spacial score (nSPS) is 26.8. The molecule has 4 bridgehead atoms. The van der Waals surface area contributed by atoms with Gasteiger partial charge in [0.1, 0.15) is 5.78 Å². The number of urea groups is 1. The number of benzene rings is 1. The number of nitrogens with one attached hydrogen (secondary N) is 3. The maximum absolute atomic E-state index is 14.1. The van der Waals surface area contributed by atoms with Crippen LogP contribution >= 0.6 is 7.60 Å². The van der Waals surface area contributed by atoms with Crippen LogP contribution < -0.4 is 16.0 Å². The highest BCUT2D eigenvalue weighted by Gasteiger charge is 2.51. The van der Waals surface area contributed by atoms with Crippen molar-refractivity contribution in [2.75, 3.05) is 18.5 Å². The highest BCUT2D eigenvalue weighted by Crippen LogP contribution is 2.59. The van der Waals surface area contributed by atoms with Gasteiger partial charge in [-0.15, -0.1) is 0 Å². The summed E-state index contributed by atoms with van der Waals surface area (Å²) in [5.74, 6) is 1.92. The van der Waals surface area contributed by atoms with E-state index in [-0.39, 0.29) is 17.0 Å². The molecular formula is C31H52N3O4P. The van der Waals surface area contributed by atoms with Crippen molar-refractivity contribution < 1.29 is 18.4 Å². The van der Waals surface area contributed by atoms with Crippen molar-refractivity contribution in [3.63, 3.8) is 0 Å². The van der Waals surface area contributed by atoms with Gasteiger partial charge in [-0.1, -0.05) is 59.6 Å². The largest absolute Gasteiger partial charge is 0.371 e. The van der Waals surface area contributed by atoms with Gasteiger partial charge in [0.25, 0.3) is 0 Å². The molecule has 4 fully saturated rings. The minimum absolute atomic E-state index is 0.0148. The number of rotatable bonds is 14. The van der Waals surface area contributed by atoms with E-state index in [9.17, 15) is 9.36 Å². The molecule has 1 aromatic carbocycles. The lowest BCUT2D eigenvalue weighted by atomic mass is 9.53. The predicted octanol–water partition coefficient (Wildman–Crippen LogP) is 8.07. The van der Waals surface area contributed by atoms with Crippen LogP contribution in [-0.4, -0.2) is 30.6 Å². The lowest BCUT2D eigenvalue weighted by molar-refractivity contribution is -0.0135. The standard InChI is InChI=1S/C31H52N3O4P/c1-6-8-14-37-39(36,38-15-9-7-2)28(30(3,4)5)33-27-12-10-23(11-13-27)22-32-29(35)34-31-19-24-16-25(20-31)18-26(17-24)21-31/h10-13,24-26,28,33H,6-9,14-22H2,1-5H3,(H2,32,34,35). The Bertz CT molecular complexity index is 941. The number of hydrogen-bond donors (Lipinski definition) is 3. The van der Waals surface area contributed by atoms with Crippen LogP contribution in [0.25, 0.3) is 0 Å². The van der Waals surface area contributed by atoms with Gasteiger partial charge in [-0.2, -0.15) is 0 Å². The van der Waals surface area contributed by atoms with E-state index < -0.39 is 13.4 Å². The van der Waals surface area contributed by atoms with Crippen LogP contribution in [0.5, 0.6) is 0 Å². The number of carbonyl (C=O) groups is 1. The van der Waals surface area contributed by atoms with E-state index in [0.717, 1.165) is 74.0 Å². The smallest absolute Gasteiger partial charge is 0.353 e. The molecule has 7 nitrogen and oxygen atoms in total. The topological polar surface area (TPSA) is 88.7 Å². The molecule has 1 aromatic rings. The average molecular weight is 562 g/mol. The first-order valence-corrected chi connectivity index (χ1v) is 17.0. The molecule has 1 atom stereocenters. The first-order valence-electron chi connectivity index (χ1n) is 15.3. The van der Waals surface area contributed by atoms with Crippen molar-refractivity contribution in [1.29, 1.82) is 0 Å². The molecule has 4 saturated carbocycles. The molecule has 0 spiro atoms. The average Bonchev–Trinajstić information content (AvgIpc) is 2.85. The summed E-state index contributed by atoms with van der Waals surface area (Å²) < 4.78 is 26.0. The van der Waals surface area contributed by atoms with Gasteiger partial charge in [0, 0.05) is 17.8 Å². The molecule has 5 rings (SSSR count). The Morgan fingerprint density at radius 1 is 0.949 bits per heavy atom. The Hall–Kier alpha value is -1.56. The van der Waals surface area contributed by atoms with Gasteiger partial charge in [-0.25, -0.2) is 4.79 Å². The van der Waals surface area contributed by atoms with Crippen LogP contribution in [0.1, 0.15) is 104 Å². The Morgan fingerprint density at radius 2 is 1.46 bits per heavy atom. The second kappa shape index (κ2) is 13.0. The first kappa shape index (κ1) is 30.4. The van der Waals surface area contributed by atoms with Crippen molar-refractivity contribution in [2.24, 2.45) is 23.2 Å². The minimum atomic E-state index is -3.42. The zero-order valence-corrected chi connectivity index (χ0v) is 25.8. The van der Waals surface area contributed by atoms with Crippen LogP contribution in [0.3, 0.4) is 0 Å². The van der Waals surface area contributed by atoms with E-state index in [1.54, 1.807) is 0 Å². The SMILES string of the molecule is CCCCOP(=O)(OCCCC)C(Nc1ccc(CNC(=O)NC23CC4CC(CC(C4)C2)C3)cc1)C(C)(C)C. The van der Waals surface area contributed by atoms with E-state index in [4.69, 9.17) is 9.05 Å². The van der Waals surface area contributed by atoms with Crippen molar-refractivity contribution in [3.05, 3.63) is 29.8 Å². The zero-order valence-electron chi connectivity index (χ0n) is 24.9. The van der Waals surface area contributed by atoms with Gasteiger partial charge in [-0.05, 0) is 92.2 Å². The van der Waals surface area contributed by atoms with Gasteiger partial charge in [0.2, 0.25) is 0 Å². The summed E-state index contributed by atoms with van der Waals surface area (Å²) in [6.45, 7) is 11.7. The van der Waals surface area contributed by atoms with Gasteiger partial charge < -0.3 is 25.0 Å². The third-order valence-electron chi connectivity index (χ3n) is 8.80. The van der Waals surface area contributed by atoms with Crippen LogP contribution in [0.15, 0.2) is 24.3 Å². The maximum atomic E-state index is 14.1. The summed E-state index contributed by atoms with van der Waals surface area (Å²) in [5, 5.41) is 9.95. The summed E-state index contributed by atoms with van der Waals surface area (Å²) in [4.78, 5) is 12.9. The summed E-state index contributed by atoms with van der Waals surface area (Å²) in [6, 6.07) is 7.92. The first-order chi connectivity index (χ1) is 18.5. The van der Waals surface area contributed by atoms with Crippen molar-refractivity contribution in [1.82, 2.24) is 10.6 Å². The molecule has 8 heteroatoms. The molecular weight excluding hydrogens is 509 g/mol. The number of anilines is 1. The minimum Gasteiger partial charge on any atom is -0.371 e. The zero-order chi connectivity index (χ0) is 28.1. The van der Waals surface area contributed by atoms with Crippen LogP contribution in [0.4, 0.5) is 10.5 Å². The molecule has 0 aromatic heterocycles. The monoisotopic (exact) mass is 561 g/mol. The molecule has 3 N–H and O–H groups in total. The summed E-state index contributed by atoms with van der Waals surface area (Å²) in [7, 11) is -3.42. The fourth-order valence-corrected chi connectivity index (χ4v) is 9.63. The highest BCUT2D eigenvalue weighted by molar-refractivity contribution is 7.54. The number of unbranched alkanes of at least 4 members (excludes halogenated alkanes) is 2. The molecule has 0 saturated heterocycles. The quantitative estimate of drug-likeness (QED) is 0.158. The predicted molar refractivity (Wildman–Crippen MR) is 159 cm³/mol. The molecule has 39 heavy (non-hydrogen) atoms. The van der Waals surface area contributed by atoms with Crippen molar-refractivity contribution >= 4 is 19.3 Å². The van der Waals surface area contributed by atoms with Gasteiger partial charge in [0.05, 0.1) is 13.2 Å². The Kier molecular flexibility index (Phi) is 10.1. The van der Waals surface area contributed by atoms with E-state index in [1.165, 1.54) is 19.3 Å². The third-order valence-corrected chi connectivity index (χ3v) is 11.4. The lowest BCUT2D eigenvalue weighted by Crippen LogP contribution is -2.61. The number of amides is 2. The van der Waals surface area contributed by atoms with Gasteiger partial charge in [0.15, 0.2) is 0 Å². The fraction of sp³-hybridized carbons (Fsp3) is 0.774. The third kappa shape index (κ3) is 8.01. The number of carbonyl (C=O) groups excluding carboxylic acids is 1. The van der Waals surface area contributed by atoms with E-state index >= 15 is 0 Å².